The van der Waals surface area contributed by atoms with Crippen LogP contribution in [0.4, 0.5) is 0 Å². The Morgan fingerprint density at radius 1 is 1.30 bits per heavy atom. The fourth-order valence-electron chi connectivity index (χ4n) is 3.01. The van der Waals surface area contributed by atoms with E-state index in [-0.39, 0.29) is 17.9 Å². The van der Waals surface area contributed by atoms with Crippen molar-refractivity contribution >= 4 is 18.0 Å². The number of aliphatic hydroxyl groups excluding tert-OH is 1. The molecule has 1 aliphatic heterocycles. The number of aliphatic hydroxyl groups is 1. The maximum atomic E-state index is 12.1. The van der Waals surface area contributed by atoms with E-state index in [2.05, 4.69) is 0 Å². The van der Waals surface area contributed by atoms with Crippen LogP contribution in [0, 0.1) is 0 Å². The van der Waals surface area contributed by atoms with Crippen LogP contribution in [0.2, 0.25) is 0 Å². The molecule has 3 atom stereocenters. The number of ether oxygens (including phenoxy) is 3. The van der Waals surface area contributed by atoms with Gasteiger partial charge in [-0.15, -0.1) is 0 Å². The van der Waals surface area contributed by atoms with E-state index < -0.39 is 35.5 Å². The third-order valence-corrected chi connectivity index (χ3v) is 4.22. The fourth-order valence-corrected chi connectivity index (χ4v) is 3.01. The molecule has 144 valence electrons. The number of aromatic hydroxyl groups is 2. The van der Waals surface area contributed by atoms with Crippen LogP contribution in [-0.4, -0.2) is 50.9 Å². The number of cyclic esters (lactones) is 1. The Hall–Kier alpha value is -2.84. The standard InChI is InChI=1S/C19H20O8/c1-18(2)26-17(24)19(27-18)8-7-15(14(22)10-19)25-16(23)6-4-11-3-5-12(20)13(21)9-11/h3-9,14-15,20-22H,10H2,1-2H3/b6-4+. The summed E-state index contributed by atoms with van der Waals surface area (Å²) in [6.07, 6.45) is 3.17. The Balaban J connectivity index is 1.65. The molecule has 1 saturated heterocycles. The van der Waals surface area contributed by atoms with Crippen molar-refractivity contribution < 1.29 is 39.1 Å². The molecule has 1 spiro atoms. The molecule has 0 aromatic heterocycles. The molecule has 1 heterocycles. The van der Waals surface area contributed by atoms with E-state index in [1.807, 2.05) is 0 Å². The van der Waals surface area contributed by atoms with E-state index in [0.29, 0.717) is 5.56 Å². The minimum absolute atomic E-state index is 0.0980. The first-order valence-corrected chi connectivity index (χ1v) is 8.32. The second-order valence-electron chi connectivity index (χ2n) is 6.89. The van der Waals surface area contributed by atoms with Gasteiger partial charge in [-0.25, -0.2) is 9.59 Å². The van der Waals surface area contributed by atoms with Gasteiger partial charge in [0, 0.05) is 26.3 Å². The third kappa shape index (κ3) is 3.96. The van der Waals surface area contributed by atoms with Crippen LogP contribution in [0.1, 0.15) is 25.8 Å². The fraction of sp³-hybridized carbons (Fsp3) is 0.368. The normalized spacial score (nSPS) is 29.2. The number of esters is 2. The Morgan fingerprint density at radius 2 is 2.04 bits per heavy atom. The van der Waals surface area contributed by atoms with E-state index in [4.69, 9.17) is 14.2 Å². The predicted molar refractivity (Wildman–Crippen MR) is 92.4 cm³/mol. The summed E-state index contributed by atoms with van der Waals surface area (Å²) in [4.78, 5) is 24.1. The summed E-state index contributed by atoms with van der Waals surface area (Å²) < 4.78 is 15.9. The van der Waals surface area contributed by atoms with E-state index in [9.17, 15) is 24.9 Å². The summed E-state index contributed by atoms with van der Waals surface area (Å²) in [6, 6.07) is 4.07. The van der Waals surface area contributed by atoms with E-state index >= 15 is 0 Å². The second kappa shape index (κ2) is 6.71. The van der Waals surface area contributed by atoms with Crippen LogP contribution in [0.15, 0.2) is 36.4 Å². The van der Waals surface area contributed by atoms with Crippen molar-refractivity contribution in [3.63, 3.8) is 0 Å². The van der Waals surface area contributed by atoms with Gasteiger partial charge in [-0.1, -0.05) is 6.07 Å². The van der Waals surface area contributed by atoms with Crippen LogP contribution in [0.25, 0.3) is 6.08 Å². The van der Waals surface area contributed by atoms with Crippen molar-refractivity contribution in [1.29, 1.82) is 0 Å². The van der Waals surface area contributed by atoms with Gasteiger partial charge < -0.3 is 29.5 Å². The summed E-state index contributed by atoms with van der Waals surface area (Å²) >= 11 is 0. The number of rotatable bonds is 3. The lowest BCUT2D eigenvalue weighted by Gasteiger charge is -2.32. The molecule has 3 rings (SSSR count). The number of carbonyl (C=O) groups excluding carboxylic acids is 2. The highest BCUT2D eigenvalue weighted by Gasteiger charge is 2.55. The molecule has 1 aromatic rings. The van der Waals surface area contributed by atoms with Crippen LogP contribution in [-0.2, 0) is 23.8 Å². The molecule has 8 heteroatoms. The highest BCUT2D eigenvalue weighted by Crippen LogP contribution is 2.39. The van der Waals surface area contributed by atoms with Crippen LogP contribution < -0.4 is 0 Å². The lowest BCUT2D eigenvalue weighted by atomic mass is 9.87. The van der Waals surface area contributed by atoms with Gasteiger partial charge in [-0.2, -0.15) is 0 Å². The molecule has 3 unspecified atom stereocenters. The molecule has 0 radical (unpaired) electrons. The average molecular weight is 376 g/mol. The Labute approximate surface area is 155 Å². The SMILES string of the molecule is CC1(C)OC(=O)C2(C=CC(OC(=O)/C=C/c3ccc(O)c(O)c3)C(O)C2)O1. The molecule has 2 aliphatic rings. The summed E-state index contributed by atoms with van der Waals surface area (Å²) in [5.74, 6) is -2.99. The molecule has 0 amide bonds. The van der Waals surface area contributed by atoms with Gasteiger partial charge in [-0.3, -0.25) is 0 Å². The maximum Gasteiger partial charge on any atom is 0.345 e. The van der Waals surface area contributed by atoms with Gasteiger partial charge in [0.1, 0.15) is 6.10 Å². The molecule has 8 nitrogen and oxygen atoms in total. The lowest BCUT2D eigenvalue weighted by molar-refractivity contribution is -0.168. The van der Waals surface area contributed by atoms with Gasteiger partial charge in [0.05, 0.1) is 6.10 Å². The van der Waals surface area contributed by atoms with Gasteiger partial charge in [0.15, 0.2) is 17.1 Å². The highest BCUT2D eigenvalue weighted by molar-refractivity contribution is 5.88. The quantitative estimate of drug-likeness (QED) is 0.313. The monoisotopic (exact) mass is 376 g/mol. The van der Waals surface area contributed by atoms with Crippen molar-refractivity contribution in [1.82, 2.24) is 0 Å². The molecule has 1 aromatic carbocycles. The van der Waals surface area contributed by atoms with Crippen LogP contribution in [0.3, 0.4) is 0 Å². The number of phenols is 2. The minimum atomic E-state index is -1.38. The molecule has 0 saturated carbocycles. The summed E-state index contributed by atoms with van der Waals surface area (Å²) in [6.45, 7) is 3.19. The summed E-state index contributed by atoms with van der Waals surface area (Å²) in [5, 5.41) is 29.0. The third-order valence-electron chi connectivity index (χ3n) is 4.22. The number of hydrogen-bond donors (Lipinski definition) is 3. The zero-order valence-electron chi connectivity index (χ0n) is 14.8. The topological polar surface area (TPSA) is 123 Å². The lowest BCUT2D eigenvalue weighted by Crippen LogP contribution is -2.46. The van der Waals surface area contributed by atoms with Crippen molar-refractivity contribution in [3.05, 3.63) is 42.0 Å². The number of hydrogen-bond acceptors (Lipinski definition) is 8. The van der Waals surface area contributed by atoms with Gasteiger partial charge in [0.25, 0.3) is 0 Å². The van der Waals surface area contributed by atoms with E-state index in [1.54, 1.807) is 13.8 Å². The maximum absolute atomic E-state index is 12.1. The molecular formula is C19H20O8. The zero-order valence-corrected chi connectivity index (χ0v) is 14.8. The van der Waals surface area contributed by atoms with E-state index in [0.717, 1.165) is 6.08 Å². The largest absolute Gasteiger partial charge is 0.504 e. The summed E-state index contributed by atoms with van der Waals surface area (Å²) in [7, 11) is 0. The average Bonchev–Trinajstić information content (AvgIpc) is 2.79. The molecule has 1 aliphatic carbocycles. The first-order chi connectivity index (χ1) is 12.6. The number of benzene rings is 1. The Kier molecular flexibility index (Phi) is 4.71. The highest BCUT2D eigenvalue weighted by atomic mass is 16.8. The smallest absolute Gasteiger partial charge is 0.345 e. The van der Waals surface area contributed by atoms with Crippen molar-refractivity contribution in [2.75, 3.05) is 0 Å². The first kappa shape index (κ1) is 18.9. The van der Waals surface area contributed by atoms with Gasteiger partial charge >= 0.3 is 11.9 Å². The van der Waals surface area contributed by atoms with Crippen molar-refractivity contribution in [2.24, 2.45) is 0 Å². The van der Waals surface area contributed by atoms with Crippen molar-refractivity contribution in [2.45, 2.75) is 43.9 Å². The predicted octanol–water partition coefficient (Wildman–Crippen LogP) is 1.39. The summed E-state index contributed by atoms with van der Waals surface area (Å²) in [5.41, 5.74) is -0.907. The Bertz CT molecular complexity index is 825. The molecule has 1 fully saturated rings. The van der Waals surface area contributed by atoms with Gasteiger partial charge in [-0.05, 0) is 35.9 Å². The second-order valence-corrected chi connectivity index (χ2v) is 6.89. The first-order valence-electron chi connectivity index (χ1n) is 8.32. The van der Waals surface area contributed by atoms with Crippen LogP contribution in [0.5, 0.6) is 11.5 Å². The van der Waals surface area contributed by atoms with Crippen LogP contribution >= 0.6 is 0 Å². The van der Waals surface area contributed by atoms with Gasteiger partial charge in [0.2, 0.25) is 5.79 Å². The Morgan fingerprint density at radius 3 is 2.63 bits per heavy atom. The molecule has 3 N–H and O–H groups in total. The molecular weight excluding hydrogens is 356 g/mol. The zero-order chi connectivity index (χ0) is 19.8. The molecule has 27 heavy (non-hydrogen) atoms. The molecule has 0 bridgehead atoms. The minimum Gasteiger partial charge on any atom is -0.504 e. The number of carbonyl (C=O) groups is 2. The van der Waals surface area contributed by atoms with E-state index in [1.165, 1.54) is 36.4 Å². The number of phenolic OH excluding ortho intramolecular Hbond substituents is 2. The van der Waals surface area contributed by atoms with Crippen molar-refractivity contribution in [3.8, 4) is 11.5 Å².